The Morgan fingerprint density at radius 3 is 2.00 bits per heavy atom. The summed E-state index contributed by atoms with van der Waals surface area (Å²) in [6.45, 7) is 1.25. The van der Waals surface area contributed by atoms with E-state index in [9.17, 15) is 5.48 Å². The lowest BCUT2D eigenvalue weighted by atomic mass is 9.98. The Balaban J connectivity index is 2.30. The Bertz CT molecular complexity index is 1830. The molecule has 0 amide bonds. The van der Waals surface area contributed by atoms with Gasteiger partial charge in [0.15, 0.2) is 0 Å². The van der Waals surface area contributed by atoms with E-state index in [4.69, 9.17) is 20.6 Å². The van der Waals surface area contributed by atoms with Crippen molar-refractivity contribution in [2.45, 2.75) is 18.9 Å². The molecule has 4 aromatic carbocycles. The fourth-order valence-electron chi connectivity index (χ4n) is 3.06. The molecule has 4 aromatic rings. The van der Waals surface area contributed by atoms with Gasteiger partial charge in [-0.3, -0.25) is 0 Å². The normalized spacial score (nSPS) is 29.3. The Morgan fingerprint density at radius 2 is 1.35 bits per heavy atom. The van der Waals surface area contributed by atoms with E-state index in [1.54, 1.807) is 0 Å². The summed E-state index contributed by atoms with van der Waals surface area (Å²) in [4.78, 5) is 0. The maximum atomic E-state index is 9.72. The van der Waals surface area contributed by atoms with Gasteiger partial charge >= 0.3 is 0 Å². The maximum absolute atomic E-state index is 9.72. The summed E-state index contributed by atoms with van der Waals surface area (Å²) in [5.41, 5.74) is -1.79. The molecule has 1 aliphatic heterocycles. The molecular weight excluding hydrogens is 328 g/mol. The minimum Gasteiger partial charge on any atom is -0.0626 e. The van der Waals surface area contributed by atoms with Gasteiger partial charge in [0.2, 0.25) is 0 Å². The molecule has 26 heavy (non-hydrogen) atoms. The molecule has 126 valence electrons. The molecular formula is C25H22Si. The van der Waals surface area contributed by atoms with Crippen LogP contribution in [0.1, 0.15) is 42.7 Å². The summed E-state index contributed by atoms with van der Waals surface area (Å²) in [7, 11) is -5.99. The second-order valence-corrected chi connectivity index (χ2v) is 8.75. The molecule has 0 aliphatic carbocycles. The second kappa shape index (κ2) is 5.96. The first kappa shape index (κ1) is 5.43. The summed E-state index contributed by atoms with van der Waals surface area (Å²) >= 11 is 0. The molecule has 1 heterocycles. The van der Waals surface area contributed by atoms with Gasteiger partial charge in [-0.2, -0.15) is 0 Å². The summed E-state index contributed by atoms with van der Waals surface area (Å²) in [5.74, 6) is -6.86. The third-order valence-electron chi connectivity index (χ3n) is 4.12. The van der Waals surface area contributed by atoms with E-state index in [2.05, 4.69) is 0 Å². The highest BCUT2D eigenvalue weighted by molar-refractivity contribution is 7.01. The van der Waals surface area contributed by atoms with Gasteiger partial charge in [0.1, 0.15) is 8.07 Å². The number of rotatable bonds is 2. The van der Waals surface area contributed by atoms with Crippen molar-refractivity contribution in [3.05, 3.63) is 107 Å². The van der Waals surface area contributed by atoms with Gasteiger partial charge in [0.05, 0.1) is 20.6 Å². The molecule has 0 aromatic heterocycles. The van der Waals surface area contributed by atoms with Crippen LogP contribution in [-0.2, 0) is 12.0 Å². The average Bonchev–Trinajstić information content (AvgIpc) is 2.96. The Morgan fingerprint density at radius 1 is 0.731 bits per heavy atom. The van der Waals surface area contributed by atoms with Crippen LogP contribution < -0.4 is 10.4 Å². The van der Waals surface area contributed by atoms with Crippen LogP contribution in [0, 0.1) is 6.92 Å². The summed E-state index contributed by atoms with van der Waals surface area (Å²) in [5, 5.41) is -3.02. The van der Waals surface area contributed by atoms with Gasteiger partial charge in [-0.05, 0) is 40.8 Å². The van der Waals surface area contributed by atoms with Gasteiger partial charge in [-0.15, -0.1) is 0 Å². The molecule has 0 spiro atoms. The maximum Gasteiger partial charge on any atom is 0.126 e. The van der Waals surface area contributed by atoms with Crippen LogP contribution in [0.4, 0.5) is 0 Å². The van der Waals surface area contributed by atoms with Crippen molar-refractivity contribution in [3.63, 3.8) is 0 Å². The molecule has 5 rings (SSSR count). The van der Waals surface area contributed by atoms with Crippen molar-refractivity contribution in [1.82, 2.24) is 0 Å². The zero-order chi connectivity index (χ0) is 34.2. The second-order valence-electron chi connectivity index (χ2n) is 5.75. The lowest BCUT2D eigenvalue weighted by Crippen LogP contribution is -2.63. The van der Waals surface area contributed by atoms with Crippen molar-refractivity contribution in [2.75, 3.05) is 0 Å². The summed E-state index contributed by atoms with van der Waals surface area (Å²) in [6.07, 6.45) is 0. The van der Waals surface area contributed by atoms with Crippen LogP contribution >= 0.6 is 0 Å². The van der Waals surface area contributed by atoms with Crippen LogP contribution in [0.5, 0.6) is 0 Å². The van der Waals surface area contributed by atoms with E-state index in [0.29, 0.717) is 0 Å². The van der Waals surface area contributed by atoms with Gasteiger partial charge in [0, 0.05) is 5.48 Å². The first-order valence-corrected chi connectivity index (χ1v) is 9.75. The van der Waals surface area contributed by atoms with Crippen molar-refractivity contribution in [1.29, 1.82) is 0 Å². The predicted molar refractivity (Wildman–Crippen MR) is 114 cm³/mol. The highest BCUT2D eigenvalue weighted by Gasteiger charge is 2.40. The molecule has 0 fully saturated rings. The average molecular weight is 370 g/mol. The molecule has 0 N–H and O–H groups in total. The zero-order valence-corrected chi connectivity index (χ0v) is 14.5. The lowest BCUT2D eigenvalue weighted by Gasteiger charge is -2.38. The molecule has 0 saturated heterocycles. The van der Waals surface area contributed by atoms with Crippen LogP contribution in [0.3, 0.4) is 0 Å². The van der Waals surface area contributed by atoms with E-state index in [1.165, 1.54) is 6.92 Å². The monoisotopic (exact) mass is 369 g/mol. The molecule has 1 heteroatoms. The van der Waals surface area contributed by atoms with Gasteiger partial charge in [-0.25, -0.2) is 0 Å². The number of hydrogen-bond donors (Lipinski definition) is 0. The highest BCUT2D eigenvalue weighted by atomic mass is 28.3. The number of hydrogen-bond acceptors (Lipinski definition) is 0. The topological polar surface area (TPSA) is 0 Å². The van der Waals surface area contributed by atoms with E-state index < -0.39 is 143 Å². The van der Waals surface area contributed by atoms with E-state index in [-0.39, 0.29) is 5.56 Å². The number of benzene rings is 4. The lowest BCUT2D eigenvalue weighted by molar-refractivity contribution is 1.21. The molecule has 0 nitrogen and oxygen atoms in total. The minimum atomic E-state index is -5.99. The third kappa shape index (κ3) is 2.35. The zero-order valence-electron chi connectivity index (χ0n) is 32.5. The minimum absolute atomic E-state index is 0.217. The largest absolute Gasteiger partial charge is 0.126 e. The molecule has 0 saturated carbocycles. The van der Waals surface area contributed by atoms with Gasteiger partial charge in [0.25, 0.3) is 0 Å². The fraction of sp³-hybridized carbons (Fsp3) is 0.120. The molecule has 0 unspecified atom stereocenters. The van der Waals surface area contributed by atoms with E-state index in [1.807, 2.05) is 0 Å². The fourth-order valence-corrected chi connectivity index (χ4v) is 6.00. The standard InChI is InChI=1S/C25H22Si/c1-19-15-20-9-8-10-21-17-26(18-22(16-19)25(20)21,23-11-4-2-5-12-23)24-13-6-3-7-14-24/h2-16H,17-18H2,1H3/i2D,3D,4D,5D,6D,7D,8D,9D,10D,11D,12D,13D,14D,15D,16D,17D2,18D2. The quantitative estimate of drug-likeness (QED) is 0.453. The van der Waals surface area contributed by atoms with E-state index >= 15 is 0 Å². The first-order valence-electron chi connectivity index (χ1n) is 17.2. The summed E-state index contributed by atoms with van der Waals surface area (Å²) in [6, 6.07) is -14.2. The van der Waals surface area contributed by atoms with Crippen LogP contribution in [0.2, 0.25) is 0 Å². The molecule has 0 radical (unpaired) electrons. The Kier molecular flexibility index (Phi) is 1.25. The SMILES string of the molecule is [2H]c1c([2H])c([2H])c([Si]2(c3c([2H])c([2H])c([2H])c([2H])c3[2H])C([2H])([2H])c3c([2H])c([2H])c([2H])c4c([2H])c(C)c([2H])c(c34)C2([2H])[2H])c([2H])c1[2H]. The van der Waals surface area contributed by atoms with Crippen molar-refractivity contribution in [2.24, 2.45) is 0 Å². The van der Waals surface area contributed by atoms with Crippen LogP contribution in [0.25, 0.3) is 10.8 Å². The highest BCUT2D eigenvalue weighted by Crippen LogP contribution is 2.34. The third-order valence-corrected chi connectivity index (χ3v) is 7.38. The first-order chi connectivity index (χ1) is 20.6. The Labute approximate surface area is 182 Å². The van der Waals surface area contributed by atoms with Crippen LogP contribution in [0.15, 0.2) is 90.6 Å². The van der Waals surface area contributed by atoms with Crippen molar-refractivity contribution >= 4 is 29.2 Å². The molecule has 0 atom stereocenters. The smallest absolute Gasteiger partial charge is 0.0626 e. The van der Waals surface area contributed by atoms with Gasteiger partial charge < -0.3 is 0 Å². The van der Waals surface area contributed by atoms with Crippen molar-refractivity contribution < 1.29 is 26.0 Å². The van der Waals surface area contributed by atoms with Crippen molar-refractivity contribution in [3.8, 4) is 0 Å². The van der Waals surface area contributed by atoms with Gasteiger partial charge in [-0.1, -0.05) is 107 Å². The molecule has 0 bridgehead atoms. The van der Waals surface area contributed by atoms with Crippen LogP contribution in [-0.4, -0.2) is 8.07 Å². The Hall–Kier alpha value is -2.64. The summed E-state index contributed by atoms with van der Waals surface area (Å²) < 4.78 is 167. The van der Waals surface area contributed by atoms with E-state index in [0.717, 1.165) is 0 Å². The molecule has 1 aliphatic rings. The predicted octanol–water partition coefficient (Wildman–Crippen LogP) is 4.59.